The Kier molecular flexibility index (Phi) is 5.94. The van der Waals surface area contributed by atoms with E-state index in [1.54, 1.807) is 0 Å². The van der Waals surface area contributed by atoms with Gasteiger partial charge in [-0.2, -0.15) is 18.3 Å². The molecule has 1 aliphatic rings. The zero-order valence-corrected chi connectivity index (χ0v) is 12.9. The molecular formula is C16H18F3N3O2. The van der Waals surface area contributed by atoms with Gasteiger partial charge in [-0.25, -0.2) is 5.43 Å². The van der Waals surface area contributed by atoms with Crippen molar-refractivity contribution in [3.63, 3.8) is 0 Å². The average molecular weight is 341 g/mol. The predicted octanol–water partition coefficient (Wildman–Crippen LogP) is 2.60. The van der Waals surface area contributed by atoms with Crippen molar-refractivity contribution in [1.82, 2.24) is 10.7 Å². The second kappa shape index (κ2) is 7.94. The van der Waals surface area contributed by atoms with Crippen LogP contribution in [0.4, 0.5) is 13.2 Å². The fourth-order valence-electron chi connectivity index (χ4n) is 2.58. The molecule has 1 aromatic carbocycles. The summed E-state index contributed by atoms with van der Waals surface area (Å²) in [7, 11) is 0. The minimum absolute atomic E-state index is 0.0352. The molecule has 0 atom stereocenters. The van der Waals surface area contributed by atoms with Crippen LogP contribution < -0.4 is 10.7 Å². The summed E-state index contributed by atoms with van der Waals surface area (Å²) in [6.07, 6.45) is 1.10. The number of hydrogen-bond acceptors (Lipinski definition) is 3. The molecule has 0 aliphatic heterocycles. The maximum Gasteiger partial charge on any atom is 0.417 e. The molecule has 1 saturated carbocycles. The molecule has 0 spiro atoms. The Labute approximate surface area is 137 Å². The first kappa shape index (κ1) is 18.0. The van der Waals surface area contributed by atoms with E-state index >= 15 is 0 Å². The summed E-state index contributed by atoms with van der Waals surface area (Å²) in [5.74, 6) is -1.83. The molecule has 2 N–H and O–H groups in total. The molecule has 5 nitrogen and oxygen atoms in total. The van der Waals surface area contributed by atoms with Crippen molar-refractivity contribution in [3.05, 3.63) is 35.4 Å². The number of halogens is 3. The molecule has 0 bridgehead atoms. The van der Waals surface area contributed by atoms with Gasteiger partial charge >= 0.3 is 18.0 Å². The van der Waals surface area contributed by atoms with E-state index in [0.717, 1.165) is 44.4 Å². The van der Waals surface area contributed by atoms with Crippen molar-refractivity contribution in [2.45, 2.75) is 44.3 Å². The Morgan fingerprint density at radius 1 is 1.08 bits per heavy atom. The van der Waals surface area contributed by atoms with Crippen molar-refractivity contribution >= 4 is 18.0 Å². The molecule has 0 saturated heterocycles. The molecule has 2 rings (SSSR count). The summed E-state index contributed by atoms with van der Waals surface area (Å²) in [6, 6.07) is 4.79. The first-order valence-electron chi connectivity index (χ1n) is 7.68. The molecule has 0 heterocycles. The van der Waals surface area contributed by atoms with Crippen LogP contribution in [0.25, 0.3) is 0 Å². The van der Waals surface area contributed by atoms with Crippen LogP contribution in [0.3, 0.4) is 0 Å². The third-order valence-electron chi connectivity index (χ3n) is 3.78. The van der Waals surface area contributed by atoms with Crippen LogP contribution in [0.15, 0.2) is 29.4 Å². The largest absolute Gasteiger partial charge is 0.417 e. The van der Waals surface area contributed by atoms with Gasteiger partial charge < -0.3 is 5.32 Å². The molecule has 2 amide bonds. The van der Waals surface area contributed by atoms with Gasteiger partial charge in [0.05, 0.1) is 11.8 Å². The summed E-state index contributed by atoms with van der Waals surface area (Å²) in [5.41, 5.74) is 0.888. The van der Waals surface area contributed by atoms with Gasteiger partial charge in [0.1, 0.15) is 0 Å². The Morgan fingerprint density at radius 2 is 1.75 bits per heavy atom. The lowest BCUT2D eigenvalue weighted by atomic mass is 9.95. The lowest BCUT2D eigenvalue weighted by Gasteiger charge is -2.22. The molecule has 130 valence electrons. The van der Waals surface area contributed by atoms with Crippen molar-refractivity contribution in [2.24, 2.45) is 5.10 Å². The zero-order chi connectivity index (χ0) is 17.6. The SMILES string of the molecule is O=C(N/N=C/c1ccccc1C(F)(F)F)C(=O)NC1CCCCC1. The first-order chi connectivity index (χ1) is 11.4. The standard InChI is InChI=1S/C16H18F3N3O2/c17-16(18,19)13-9-5-4-6-11(13)10-20-22-15(24)14(23)21-12-7-2-1-3-8-12/h4-6,9-10,12H,1-3,7-8H2,(H,21,23)(H,22,24)/b20-10+. The van der Waals surface area contributed by atoms with Gasteiger partial charge in [0.2, 0.25) is 0 Å². The van der Waals surface area contributed by atoms with Crippen molar-refractivity contribution < 1.29 is 22.8 Å². The Balaban J connectivity index is 1.91. The highest BCUT2D eigenvalue weighted by Crippen LogP contribution is 2.31. The summed E-state index contributed by atoms with van der Waals surface area (Å²) in [5, 5.41) is 6.04. The maximum atomic E-state index is 12.8. The Hall–Kier alpha value is -2.38. The minimum atomic E-state index is -4.52. The first-order valence-corrected chi connectivity index (χ1v) is 7.68. The lowest BCUT2D eigenvalue weighted by Crippen LogP contribution is -2.44. The fourth-order valence-corrected chi connectivity index (χ4v) is 2.58. The van der Waals surface area contributed by atoms with Gasteiger partial charge in [-0.3, -0.25) is 9.59 Å². The van der Waals surface area contributed by atoms with E-state index in [0.29, 0.717) is 0 Å². The number of hydrazone groups is 1. The molecular weight excluding hydrogens is 323 g/mol. The van der Waals surface area contributed by atoms with Gasteiger partial charge in [-0.15, -0.1) is 0 Å². The second-order valence-corrected chi connectivity index (χ2v) is 5.59. The fraction of sp³-hybridized carbons (Fsp3) is 0.438. The molecule has 24 heavy (non-hydrogen) atoms. The van der Waals surface area contributed by atoms with E-state index in [-0.39, 0.29) is 11.6 Å². The van der Waals surface area contributed by atoms with E-state index in [4.69, 9.17) is 0 Å². The van der Waals surface area contributed by atoms with Crippen LogP contribution >= 0.6 is 0 Å². The van der Waals surface area contributed by atoms with Crippen molar-refractivity contribution in [1.29, 1.82) is 0 Å². The minimum Gasteiger partial charge on any atom is -0.345 e. The van der Waals surface area contributed by atoms with Crippen LogP contribution in [0.2, 0.25) is 0 Å². The van der Waals surface area contributed by atoms with Crippen molar-refractivity contribution in [2.75, 3.05) is 0 Å². The highest BCUT2D eigenvalue weighted by molar-refractivity contribution is 6.35. The number of benzene rings is 1. The quantitative estimate of drug-likeness (QED) is 0.504. The lowest BCUT2D eigenvalue weighted by molar-refractivity contribution is -0.139. The Bertz CT molecular complexity index is 623. The predicted molar refractivity (Wildman–Crippen MR) is 82.2 cm³/mol. The van der Waals surface area contributed by atoms with E-state index in [1.165, 1.54) is 18.2 Å². The smallest absolute Gasteiger partial charge is 0.345 e. The second-order valence-electron chi connectivity index (χ2n) is 5.59. The molecule has 1 aromatic rings. The highest BCUT2D eigenvalue weighted by Gasteiger charge is 2.32. The molecule has 1 aliphatic carbocycles. The summed E-state index contributed by atoms with van der Waals surface area (Å²) in [4.78, 5) is 23.3. The van der Waals surface area contributed by atoms with Crippen molar-refractivity contribution in [3.8, 4) is 0 Å². The van der Waals surface area contributed by atoms with Crippen LogP contribution in [-0.4, -0.2) is 24.1 Å². The van der Waals surface area contributed by atoms with Gasteiger partial charge in [0.25, 0.3) is 0 Å². The van der Waals surface area contributed by atoms with Crippen LogP contribution in [0.5, 0.6) is 0 Å². The Morgan fingerprint density at radius 3 is 2.42 bits per heavy atom. The van der Waals surface area contributed by atoms with Gasteiger partial charge in [-0.05, 0) is 18.9 Å². The van der Waals surface area contributed by atoms with E-state index in [2.05, 4.69) is 10.4 Å². The normalized spacial score (nSPS) is 16.1. The number of hydrogen-bond donors (Lipinski definition) is 2. The maximum absolute atomic E-state index is 12.8. The average Bonchev–Trinajstić information content (AvgIpc) is 2.55. The third kappa shape index (κ3) is 5.07. The van der Waals surface area contributed by atoms with E-state index in [1.807, 2.05) is 5.43 Å². The summed E-state index contributed by atoms with van der Waals surface area (Å²) < 4.78 is 38.4. The number of amides is 2. The number of nitrogens with one attached hydrogen (secondary N) is 2. The van der Waals surface area contributed by atoms with Gasteiger partial charge in [0.15, 0.2) is 0 Å². The monoisotopic (exact) mass is 341 g/mol. The molecule has 0 aromatic heterocycles. The summed E-state index contributed by atoms with van der Waals surface area (Å²) in [6.45, 7) is 0. The number of nitrogens with zero attached hydrogens (tertiary/aromatic N) is 1. The van der Waals surface area contributed by atoms with Crippen LogP contribution in [0, 0.1) is 0 Å². The third-order valence-corrected chi connectivity index (χ3v) is 3.78. The topological polar surface area (TPSA) is 70.6 Å². The number of rotatable bonds is 3. The van der Waals surface area contributed by atoms with E-state index < -0.39 is 23.6 Å². The number of carbonyl (C=O) groups is 2. The summed E-state index contributed by atoms with van der Waals surface area (Å²) >= 11 is 0. The highest BCUT2D eigenvalue weighted by atomic mass is 19.4. The van der Waals surface area contributed by atoms with Gasteiger partial charge in [-0.1, -0.05) is 37.5 Å². The molecule has 8 heteroatoms. The molecule has 0 unspecified atom stereocenters. The van der Waals surface area contributed by atoms with Crippen LogP contribution in [-0.2, 0) is 15.8 Å². The zero-order valence-electron chi connectivity index (χ0n) is 12.9. The molecule has 1 fully saturated rings. The van der Waals surface area contributed by atoms with E-state index in [9.17, 15) is 22.8 Å². The number of alkyl halides is 3. The van der Waals surface area contributed by atoms with Gasteiger partial charge in [0, 0.05) is 11.6 Å². The number of carbonyl (C=O) groups excluding carboxylic acids is 2. The molecule has 0 radical (unpaired) electrons. The van der Waals surface area contributed by atoms with Crippen LogP contribution in [0.1, 0.15) is 43.2 Å².